The molecule has 0 aliphatic carbocycles. The first kappa shape index (κ1) is 21.5. The fraction of sp³-hybridized carbons (Fsp3) is 0.0952. The quantitative estimate of drug-likeness (QED) is 0.283. The van der Waals surface area contributed by atoms with Crippen LogP contribution in [0.25, 0.3) is 15.9 Å². The molecule has 1 amide bonds. The molecule has 4 rings (SSSR count). The lowest BCUT2D eigenvalue weighted by molar-refractivity contribution is -0.113. The van der Waals surface area contributed by atoms with Crippen molar-refractivity contribution < 1.29 is 13.9 Å². The maximum atomic E-state index is 14.0. The normalized spacial score (nSPS) is 10.9. The predicted molar refractivity (Wildman–Crippen MR) is 125 cm³/mol. The summed E-state index contributed by atoms with van der Waals surface area (Å²) in [6.45, 7) is 0. The maximum Gasteiger partial charge on any atom is 0.276 e. The van der Waals surface area contributed by atoms with Crippen molar-refractivity contribution in [2.45, 2.75) is 5.16 Å². The van der Waals surface area contributed by atoms with Crippen molar-refractivity contribution in [2.75, 3.05) is 18.2 Å². The van der Waals surface area contributed by atoms with E-state index < -0.39 is 11.7 Å². The first-order chi connectivity index (χ1) is 15.0. The highest BCUT2D eigenvalue weighted by atomic mass is 79.9. The summed E-state index contributed by atoms with van der Waals surface area (Å²) in [7, 11) is 1.52. The Morgan fingerprint density at radius 1 is 1.29 bits per heavy atom. The lowest BCUT2D eigenvalue weighted by Gasteiger charge is -2.15. The number of halogens is 2. The second kappa shape index (κ2) is 9.21. The fourth-order valence-corrected chi connectivity index (χ4v) is 4.82. The number of para-hydroxylation sites is 2. The molecule has 0 radical (unpaired) electrons. The van der Waals surface area contributed by atoms with Crippen molar-refractivity contribution in [3.8, 4) is 11.4 Å². The molecule has 4 aromatic rings. The minimum absolute atomic E-state index is 0.0628. The van der Waals surface area contributed by atoms with E-state index in [0.717, 1.165) is 11.8 Å². The van der Waals surface area contributed by atoms with Crippen LogP contribution >= 0.6 is 39.0 Å². The number of ether oxygens (including phenoxy) is 1. The van der Waals surface area contributed by atoms with Crippen LogP contribution in [-0.2, 0) is 4.79 Å². The van der Waals surface area contributed by atoms with Crippen LogP contribution in [0.1, 0.15) is 0 Å². The molecule has 0 atom stereocenters. The lowest BCUT2D eigenvalue weighted by atomic mass is 10.3. The zero-order valence-corrected chi connectivity index (χ0v) is 19.3. The van der Waals surface area contributed by atoms with E-state index in [0.29, 0.717) is 31.3 Å². The third kappa shape index (κ3) is 4.51. The number of fused-ring (bicyclic) bond motifs is 1. The SMILES string of the molecule is COc1ccccc1-n1c(SCC(=O)Nc2ccc(Br)cc2F)nc2ccsc2c1=O. The van der Waals surface area contributed by atoms with Gasteiger partial charge in [0.1, 0.15) is 16.3 Å². The Kier molecular flexibility index (Phi) is 6.40. The molecular formula is C21H15BrFN3O3S2. The molecular weight excluding hydrogens is 505 g/mol. The summed E-state index contributed by atoms with van der Waals surface area (Å²) in [4.78, 5) is 30.2. The van der Waals surface area contributed by atoms with Gasteiger partial charge in [0, 0.05) is 4.47 Å². The van der Waals surface area contributed by atoms with E-state index in [1.165, 1.54) is 35.1 Å². The Hall–Kier alpha value is -2.69. The van der Waals surface area contributed by atoms with Gasteiger partial charge < -0.3 is 10.1 Å². The van der Waals surface area contributed by atoms with Crippen molar-refractivity contribution in [1.29, 1.82) is 0 Å². The van der Waals surface area contributed by atoms with Gasteiger partial charge in [-0.3, -0.25) is 14.2 Å². The number of thiophene rings is 1. The van der Waals surface area contributed by atoms with Crippen LogP contribution in [0.3, 0.4) is 0 Å². The number of nitrogens with one attached hydrogen (secondary N) is 1. The molecule has 0 aliphatic heterocycles. The van der Waals surface area contributed by atoms with Crippen LogP contribution in [0.2, 0.25) is 0 Å². The van der Waals surface area contributed by atoms with Crippen molar-refractivity contribution in [3.63, 3.8) is 0 Å². The van der Waals surface area contributed by atoms with Crippen molar-refractivity contribution in [2.24, 2.45) is 0 Å². The number of hydrogen-bond acceptors (Lipinski definition) is 6. The number of nitrogens with zero attached hydrogens (tertiary/aromatic N) is 2. The van der Waals surface area contributed by atoms with Gasteiger partial charge in [0.05, 0.1) is 29.8 Å². The van der Waals surface area contributed by atoms with E-state index >= 15 is 0 Å². The molecule has 10 heteroatoms. The van der Waals surface area contributed by atoms with Crippen LogP contribution in [0.4, 0.5) is 10.1 Å². The molecule has 2 heterocycles. The molecule has 2 aromatic carbocycles. The monoisotopic (exact) mass is 519 g/mol. The van der Waals surface area contributed by atoms with Gasteiger partial charge in [-0.15, -0.1) is 11.3 Å². The Balaban J connectivity index is 1.67. The second-order valence-electron chi connectivity index (χ2n) is 6.30. The summed E-state index contributed by atoms with van der Waals surface area (Å²) < 4.78 is 22.0. The van der Waals surface area contributed by atoms with Gasteiger partial charge in [-0.2, -0.15) is 0 Å². The van der Waals surface area contributed by atoms with Crippen LogP contribution in [-0.4, -0.2) is 28.3 Å². The first-order valence-electron chi connectivity index (χ1n) is 8.99. The van der Waals surface area contributed by atoms with E-state index in [1.54, 1.807) is 41.8 Å². The maximum absolute atomic E-state index is 14.0. The molecule has 2 aromatic heterocycles. The molecule has 158 valence electrons. The number of aromatic nitrogens is 2. The second-order valence-corrected chi connectivity index (χ2v) is 9.08. The summed E-state index contributed by atoms with van der Waals surface area (Å²) >= 11 is 5.57. The number of amides is 1. The summed E-state index contributed by atoms with van der Waals surface area (Å²) in [6.07, 6.45) is 0. The van der Waals surface area contributed by atoms with E-state index in [2.05, 4.69) is 26.2 Å². The highest BCUT2D eigenvalue weighted by molar-refractivity contribution is 9.10. The van der Waals surface area contributed by atoms with E-state index in [9.17, 15) is 14.0 Å². The van der Waals surface area contributed by atoms with E-state index in [4.69, 9.17) is 4.74 Å². The zero-order valence-electron chi connectivity index (χ0n) is 16.1. The molecule has 0 fully saturated rings. The number of thioether (sulfide) groups is 1. The molecule has 0 saturated carbocycles. The predicted octanol–water partition coefficient (Wildman–Crippen LogP) is 5.09. The average Bonchev–Trinajstić information content (AvgIpc) is 3.23. The minimum atomic E-state index is -0.545. The molecule has 6 nitrogen and oxygen atoms in total. The van der Waals surface area contributed by atoms with Crippen molar-refractivity contribution in [1.82, 2.24) is 9.55 Å². The van der Waals surface area contributed by atoms with Crippen LogP contribution in [0.5, 0.6) is 5.75 Å². The summed E-state index contributed by atoms with van der Waals surface area (Å²) in [5.41, 5.74) is 0.922. The Labute approximate surface area is 193 Å². The topological polar surface area (TPSA) is 73.2 Å². The van der Waals surface area contributed by atoms with Gasteiger partial charge in [-0.1, -0.05) is 39.8 Å². The molecule has 0 bridgehead atoms. The van der Waals surface area contributed by atoms with Crippen molar-refractivity contribution >= 4 is 60.8 Å². The molecule has 1 N–H and O–H groups in total. The lowest BCUT2D eigenvalue weighted by Crippen LogP contribution is -2.22. The standard InChI is InChI=1S/C21H15BrFN3O3S2/c1-29-17-5-3-2-4-16(17)26-20(28)19-15(8-9-30-19)25-21(26)31-11-18(27)24-14-7-6-12(22)10-13(14)23/h2-10H,11H2,1H3,(H,24,27). The molecule has 0 unspecified atom stereocenters. The molecule has 31 heavy (non-hydrogen) atoms. The number of methoxy groups -OCH3 is 1. The number of anilines is 1. The van der Waals surface area contributed by atoms with E-state index in [1.807, 2.05) is 0 Å². The van der Waals surface area contributed by atoms with Crippen LogP contribution < -0.4 is 15.6 Å². The van der Waals surface area contributed by atoms with Gasteiger partial charge >= 0.3 is 0 Å². The molecule has 0 spiro atoms. The smallest absolute Gasteiger partial charge is 0.276 e. The van der Waals surface area contributed by atoms with Gasteiger partial charge in [0.25, 0.3) is 5.56 Å². The molecule has 0 saturated heterocycles. The van der Waals surface area contributed by atoms with Crippen LogP contribution in [0.15, 0.2) is 68.3 Å². The Bertz CT molecular complexity index is 1340. The number of carbonyl (C=O) groups excluding carboxylic acids is 1. The zero-order chi connectivity index (χ0) is 22.0. The summed E-state index contributed by atoms with van der Waals surface area (Å²) in [5, 5.41) is 4.68. The Morgan fingerprint density at radius 3 is 2.87 bits per heavy atom. The van der Waals surface area contributed by atoms with Crippen LogP contribution in [0, 0.1) is 5.82 Å². The number of carbonyl (C=O) groups is 1. The molecule has 0 aliphatic rings. The summed E-state index contributed by atoms with van der Waals surface area (Å²) in [5.74, 6) is -0.522. The fourth-order valence-electron chi connectivity index (χ4n) is 2.92. The number of hydrogen-bond donors (Lipinski definition) is 1. The van der Waals surface area contributed by atoms with Crippen molar-refractivity contribution in [3.05, 3.63) is 74.6 Å². The third-order valence-corrected chi connectivity index (χ3v) is 6.64. The highest BCUT2D eigenvalue weighted by Gasteiger charge is 2.18. The average molecular weight is 520 g/mol. The number of rotatable bonds is 6. The summed E-state index contributed by atoms with van der Waals surface area (Å²) in [6, 6.07) is 13.2. The number of benzene rings is 2. The first-order valence-corrected chi connectivity index (χ1v) is 11.6. The van der Waals surface area contributed by atoms with E-state index in [-0.39, 0.29) is 17.0 Å². The van der Waals surface area contributed by atoms with Gasteiger partial charge in [0.15, 0.2) is 5.16 Å². The Morgan fingerprint density at radius 2 is 2.10 bits per heavy atom. The largest absolute Gasteiger partial charge is 0.495 e. The van der Waals surface area contributed by atoms with Gasteiger partial charge in [-0.05, 0) is 41.8 Å². The van der Waals surface area contributed by atoms with Gasteiger partial charge in [-0.25, -0.2) is 9.37 Å². The third-order valence-electron chi connectivity index (χ3n) is 4.31. The van der Waals surface area contributed by atoms with Gasteiger partial charge in [0.2, 0.25) is 5.91 Å². The minimum Gasteiger partial charge on any atom is -0.495 e. The highest BCUT2D eigenvalue weighted by Crippen LogP contribution is 2.28.